The normalized spacial score (nSPS) is 13.8. The van der Waals surface area contributed by atoms with Gasteiger partial charge in [-0.25, -0.2) is 0 Å². The first-order chi connectivity index (χ1) is 8.47. The van der Waals surface area contributed by atoms with Gasteiger partial charge in [0.15, 0.2) is 0 Å². The molecule has 0 radical (unpaired) electrons. The summed E-state index contributed by atoms with van der Waals surface area (Å²) in [5.41, 5.74) is 0.878. The van der Waals surface area contributed by atoms with E-state index in [1.54, 1.807) is 6.20 Å². The molecule has 1 aromatic carbocycles. The molecule has 0 fully saturated rings. The Morgan fingerprint density at radius 2 is 1.94 bits per heavy atom. The highest BCUT2D eigenvalue weighted by Gasteiger charge is 2.15. The Morgan fingerprint density at radius 1 is 1.22 bits per heavy atom. The Balaban J connectivity index is 2.25. The van der Waals surface area contributed by atoms with Crippen molar-refractivity contribution < 1.29 is 5.11 Å². The zero-order chi connectivity index (χ0) is 13.2. The molecule has 0 aliphatic heterocycles. The maximum atomic E-state index is 10.3. The number of pyridine rings is 1. The summed E-state index contributed by atoms with van der Waals surface area (Å²) in [6.45, 7) is 6.78. The van der Waals surface area contributed by atoms with Gasteiger partial charge in [0, 0.05) is 35.4 Å². The average molecular weight is 244 g/mol. The predicted octanol–water partition coefficient (Wildman–Crippen LogP) is 2.66. The second kappa shape index (κ2) is 5.04. The fourth-order valence-corrected chi connectivity index (χ4v) is 1.92. The molecule has 3 nitrogen and oxygen atoms in total. The molecule has 0 amide bonds. The summed E-state index contributed by atoms with van der Waals surface area (Å²) in [7, 11) is 0. The van der Waals surface area contributed by atoms with Crippen molar-refractivity contribution >= 4 is 10.8 Å². The molecule has 1 atom stereocenters. The number of benzene rings is 1. The van der Waals surface area contributed by atoms with Gasteiger partial charge in [-0.05, 0) is 26.2 Å². The largest absolute Gasteiger partial charge is 0.387 e. The number of fused-ring (bicyclic) bond motifs is 1. The highest BCUT2D eigenvalue weighted by Crippen LogP contribution is 2.22. The van der Waals surface area contributed by atoms with Gasteiger partial charge in [-0.2, -0.15) is 0 Å². The molecule has 2 N–H and O–H groups in total. The van der Waals surface area contributed by atoms with Gasteiger partial charge in [-0.1, -0.05) is 24.3 Å². The number of aliphatic hydroxyl groups is 1. The third kappa shape index (κ3) is 3.06. The standard InChI is InChI=1S/C15H20N2O/c1-15(2,3)17-10-14(18)13-9-16-8-11-6-4-5-7-12(11)13/h4-9,14,17-18H,10H2,1-3H3. The first-order valence-electron chi connectivity index (χ1n) is 6.23. The fourth-order valence-electron chi connectivity index (χ4n) is 1.92. The molecule has 0 bridgehead atoms. The van der Waals surface area contributed by atoms with E-state index in [4.69, 9.17) is 0 Å². The van der Waals surface area contributed by atoms with Crippen LogP contribution in [0.15, 0.2) is 36.7 Å². The SMILES string of the molecule is CC(C)(C)NCC(O)c1cncc2ccccc12. The highest BCUT2D eigenvalue weighted by molar-refractivity contribution is 5.84. The van der Waals surface area contributed by atoms with E-state index >= 15 is 0 Å². The molecule has 2 aromatic rings. The molecule has 96 valence electrons. The molecule has 0 aliphatic carbocycles. The van der Waals surface area contributed by atoms with Crippen LogP contribution in [0.5, 0.6) is 0 Å². The Kier molecular flexibility index (Phi) is 3.64. The van der Waals surface area contributed by atoms with Crippen molar-refractivity contribution in [1.82, 2.24) is 10.3 Å². The van der Waals surface area contributed by atoms with Gasteiger partial charge < -0.3 is 10.4 Å². The molecule has 18 heavy (non-hydrogen) atoms. The predicted molar refractivity (Wildman–Crippen MR) is 74.5 cm³/mol. The van der Waals surface area contributed by atoms with Crippen LogP contribution in [-0.2, 0) is 0 Å². The smallest absolute Gasteiger partial charge is 0.0935 e. The molecule has 0 saturated carbocycles. The van der Waals surface area contributed by atoms with E-state index in [1.807, 2.05) is 30.5 Å². The monoisotopic (exact) mass is 244 g/mol. The molecular weight excluding hydrogens is 224 g/mol. The maximum Gasteiger partial charge on any atom is 0.0935 e. The van der Waals surface area contributed by atoms with E-state index in [0.717, 1.165) is 16.3 Å². The molecular formula is C15H20N2O. The number of aromatic nitrogens is 1. The summed E-state index contributed by atoms with van der Waals surface area (Å²) in [6, 6.07) is 7.99. The van der Waals surface area contributed by atoms with Gasteiger partial charge in [0.25, 0.3) is 0 Å². The van der Waals surface area contributed by atoms with Crippen LogP contribution in [0, 0.1) is 0 Å². The maximum absolute atomic E-state index is 10.3. The Bertz CT molecular complexity index is 526. The quantitative estimate of drug-likeness (QED) is 0.872. The molecule has 3 heteroatoms. The number of hydrogen-bond donors (Lipinski definition) is 2. The van der Waals surface area contributed by atoms with Crippen LogP contribution in [0.1, 0.15) is 32.4 Å². The van der Waals surface area contributed by atoms with Crippen molar-refractivity contribution in [1.29, 1.82) is 0 Å². The summed E-state index contributed by atoms with van der Waals surface area (Å²) in [4.78, 5) is 4.19. The van der Waals surface area contributed by atoms with Crippen LogP contribution in [0.3, 0.4) is 0 Å². The molecule has 0 spiro atoms. The third-order valence-electron chi connectivity index (χ3n) is 2.88. The van der Waals surface area contributed by atoms with Gasteiger partial charge in [0.05, 0.1) is 6.10 Å². The second-order valence-electron chi connectivity index (χ2n) is 5.60. The molecule has 1 aromatic heterocycles. The van der Waals surface area contributed by atoms with E-state index in [0.29, 0.717) is 6.54 Å². The third-order valence-corrected chi connectivity index (χ3v) is 2.88. The van der Waals surface area contributed by atoms with E-state index < -0.39 is 6.10 Å². The number of nitrogens with one attached hydrogen (secondary N) is 1. The van der Waals surface area contributed by atoms with Crippen molar-refractivity contribution in [3.8, 4) is 0 Å². The lowest BCUT2D eigenvalue weighted by molar-refractivity contribution is 0.164. The zero-order valence-electron chi connectivity index (χ0n) is 11.1. The number of rotatable bonds is 3. The van der Waals surface area contributed by atoms with Crippen LogP contribution < -0.4 is 5.32 Å². The van der Waals surface area contributed by atoms with E-state index in [9.17, 15) is 5.11 Å². The van der Waals surface area contributed by atoms with Crippen molar-refractivity contribution in [2.75, 3.05) is 6.54 Å². The molecule has 0 saturated heterocycles. The Morgan fingerprint density at radius 3 is 2.67 bits per heavy atom. The highest BCUT2D eigenvalue weighted by atomic mass is 16.3. The van der Waals surface area contributed by atoms with Crippen LogP contribution in [0.2, 0.25) is 0 Å². The minimum atomic E-state index is -0.539. The first-order valence-corrected chi connectivity index (χ1v) is 6.23. The van der Waals surface area contributed by atoms with Crippen LogP contribution >= 0.6 is 0 Å². The molecule has 0 aliphatic rings. The number of hydrogen-bond acceptors (Lipinski definition) is 3. The summed E-state index contributed by atoms with van der Waals surface area (Å²) >= 11 is 0. The van der Waals surface area contributed by atoms with E-state index in [2.05, 4.69) is 31.1 Å². The van der Waals surface area contributed by atoms with Crippen LogP contribution in [0.4, 0.5) is 0 Å². The minimum absolute atomic E-state index is 0.001000. The first kappa shape index (κ1) is 13.0. The summed E-state index contributed by atoms with van der Waals surface area (Å²) in [6.07, 6.45) is 3.03. The number of β-amino-alcohol motifs (C(OH)–C–C–N with tert-alkyl or cyclic N) is 1. The Labute approximate surface area is 108 Å². The Hall–Kier alpha value is -1.45. The number of nitrogens with zero attached hydrogens (tertiary/aromatic N) is 1. The van der Waals surface area contributed by atoms with E-state index in [1.165, 1.54) is 0 Å². The second-order valence-corrected chi connectivity index (χ2v) is 5.60. The van der Waals surface area contributed by atoms with Crippen LogP contribution in [-0.4, -0.2) is 22.2 Å². The lowest BCUT2D eigenvalue weighted by atomic mass is 10.0. The van der Waals surface area contributed by atoms with Gasteiger partial charge in [-0.15, -0.1) is 0 Å². The molecule has 1 heterocycles. The summed E-state index contributed by atoms with van der Waals surface area (Å²) < 4.78 is 0. The van der Waals surface area contributed by atoms with Gasteiger partial charge in [0.1, 0.15) is 0 Å². The summed E-state index contributed by atoms with van der Waals surface area (Å²) in [5.74, 6) is 0. The zero-order valence-corrected chi connectivity index (χ0v) is 11.1. The minimum Gasteiger partial charge on any atom is -0.387 e. The van der Waals surface area contributed by atoms with Crippen molar-refractivity contribution in [2.24, 2.45) is 0 Å². The van der Waals surface area contributed by atoms with Crippen LogP contribution in [0.25, 0.3) is 10.8 Å². The van der Waals surface area contributed by atoms with Crippen molar-refractivity contribution in [2.45, 2.75) is 32.4 Å². The van der Waals surface area contributed by atoms with E-state index in [-0.39, 0.29) is 5.54 Å². The molecule has 2 rings (SSSR count). The van der Waals surface area contributed by atoms with Crippen molar-refractivity contribution in [3.63, 3.8) is 0 Å². The topological polar surface area (TPSA) is 45.1 Å². The van der Waals surface area contributed by atoms with Gasteiger partial charge in [0.2, 0.25) is 0 Å². The van der Waals surface area contributed by atoms with Gasteiger partial charge >= 0.3 is 0 Å². The number of aliphatic hydroxyl groups excluding tert-OH is 1. The lowest BCUT2D eigenvalue weighted by Gasteiger charge is -2.23. The van der Waals surface area contributed by atoms with Crippen molar-refractivity contribution in [3.05, 3.63) is 42.2 Å². The average Bonchev–Trinajstić information content (AvgIpc) is 2.34. The molecule has 1 unspecified atom stereocenters. The fraction of sp³-hybridized carbons (Fsp3) is 0.400. The summed E-state index contributed by atoms with van der Waals surface area (Å²) in [5, 5.41) is 15.7. The van der Waals surface area contributed by atoms with Gasteiger partial charge in [-0.3, -0.25) is 4.98 Å². The lowest BCUT2D eigenvalue weighted by Crippen LogP contribution is -2.38.